The van der Waals surface area contributed by atoms with Crippen molar-refractivity contribution in [2.75, 3.05) is 39.5 Å². The third-order valence-electron chi connectivity index (χ3n) is 11.2. The zero-order valence-corrected chi connectivity index (χ0v) is 35.8. The van der Waals surface area contributed by atoms with Gasteiger partial charge in [-0.3, -0.25) is 9.59 Å². The summed E-state index contributed by atoms with van der Waals surface area (Å²) in [5, 5.41) is 5.85. The van der Waals surface area contributed by atoms with Gasteiger partial charge in [-0.1, -0.05) is 60.7 Å². The molecule has 0 bridgehead atoms. The second-order valence-corrected chi connectivity index (χ2v) is 17.1. The van der Waals surface area contributed by atoms with Crippen LogP contribution in [0, 0.1) is 0 Å². The highest BCUT2D eigenvalue weighted by atomic mass is 32.1. The van der Waals surface area contributed by atoms with E-state index < -0.39 is 0 Å². The van der Waals surface area contributed by atoms with Gasteiger partial charge < -0.3 is 38.2 Å². The van der Waals surface area contributed by atoms with Gasteiger partial charge in [0, 0.05) is 23.8 Å². The number of benzene rings is 4. The Morgan fingerprint density at radius 3 is 1.39 bits per heavy atom. The Kier molecular flexibility index (Phi) is 13.1. The number of hydrogen-bond donors (Lipinski definition) is 0. The first-order valence-electron chi connectivity index (χ1n) is 21.2. The van der Waals surface area contributed by atoms with Gasteiger partial charge in [-0.15, -0.1) is 22.7 Å². The molecule has 2 aromatic heterocycles. The number of thiazole rings is 2. The zero-order valence-electron chi connectivity index (χ0n) is 34.2. The van der Waals surface area contributed by atoms with Gasteiger partial charge in [-0.2, -0.15) is 0 Å². The van der Waals surface area contributed by atoms with E-state index in [1.165, 1.54) is 0 Å². The van der Waals surface area contributed by atoms with Crippen molar-refractivity contribution in [2.45, 2.75) is 62.8 Å². The summed E-state index contributed by atoms with van der Waals surface area (Å²) in [5.74, 6) is 4.40. The minimum Gasteiger partial charge on any atom is -0.485 e. The van der Waals surface area contributed by atoms with Crippen LogP contribution in [-0.2, 0) is 9.59 Å². The molecule has 2 fully saturated rings. The number of likely N-dealkylation sites (tertiary alicyclic amines) is 2. The summed E-state index contributed by atoms with van der Waals surface area (Å²) in [6.45, 7) is 2.39. The lowest BCUT2D eigenvalue weighted by Gasteiger charge is -2.34. The minimum atomic E-state index is -0.234. The number of hydrogen-bond acceptors (Lipinski definition) is 12. The first kappa shape index (κ1) is 41.2. The van der Waals surface area contributed by atoms with Crippen molar-refractivity contribution in [1.29, 1.82) is 0 Å². The Hall–Kier alpha value is -6.12. The first-order valence-corrected chi connectivity index (χ1v) is 22.9. The Morgan fingerprint density at radius 1 is 0.548 bits per heavy atom. The van der Waals surface area contributed by atoms with E-state index in [9.17, 15) is 9.59 Å². The van der Waals surface area contributed by atoms with Crippen molar-refractivity contribution < 1.29 is 38.0 Å². The largest absolute Gasteiger partial charge is 0.485 e. The van der Waals surface area contributed by atoms with Crippen LogP contribution in [0.1, 0.15) is 84.2 Å². The normalized spacial score (nSPS) is 20.3. The number of para-hydroxylation sites is 6. The molecule has 4 aliphatic rings. The number of carbonyl (C=O) groups excluding carboxylic acids is 2. The third-order valence-corrected chi connectivity index (χ3v) is 13.1. The maximum Gasteiger partial charge on any atom is 0.261 e. The summed E-state index contributed by atoms with van der Waals surface area (Å²) in [4.78, 5) is 39.4. The molecule has 62 heavy (non-hydrogen) atoms. The van der Waals surface area contributed by atoms with Crippen LogP contribution in [0.5, 0.6) is 34.5 Å². The topological polar surface area (TPSA) is 122 Å². The molecule has 4 aliphatic heterocycles. The molecule has 0 N–H and O–H groups in total. The van der Waals surface area contributed by atoms with Crippen LogP contribution < -0.4 is 28.4 Å². The molecule has 0 spiro atoms. The lowest BCUT2D eigenvalue weighted by atomic mass is 10.00. The average molecular weight is 873 g/mol. The summed E-state index contributed by atoms with van der Waals surface area (Å²) < 4.78 is 35.3. The molecule has 2 saturated heterocycles. The molecule has 0 radical (unpaired) electrons. The fraction of sp³-hybridized carbons (Fsp3) is 0.333. The second-order valence-electron chi connectivity index (χ2n) is 15.4. The molecule has 320 valence electrons. The quantitative estimate of drug-likeness (QED) is 0.132. The number of carbonyl (C=O) groups is 2. The van der Waals surface area contributed by atoms with Gasteiger partial charge in [0.2, 0.25) is 0 Å². The lowest BCUT2D eigenvalue weighted by molar-refractivity contribution is -0.138. The Labute approximate surface area is 369 Å². The number of piperidine rings is 2. The molecule has 0 saturated carbocycles. The second kappa shape index (κ2) is 19.7. The van der Waals surface area contributed by atoms with E-state index in [4.69, 9.17) is 38.4 Å². The molecule has 12 nitrogen and oxygen atoms in total. The highest BCUT2D eigenvalue weighted by molar-refractivity contribution is 7.10. The van der Waals surface area contributed by atoms with Gasteiger partial charge >= 0.3 is 0 Å². The maximum atomic E-state index is 12.9. The van der Waals surface area contributed by atoms with E-state index in [2.05, 4.69) is 0 Å². The molecule has 4 atom stereocenters. The van der Waals surface area contributed by atoms with Crippen molar-refractivity contribution in [1.82, 2.24) is 19.8 Å². The standard InChI is InChI=1S/2C24H24N2O4S/c2*27-23(15-28-17-8-2-1-3-9-17)26-13-7-6-10-19(26)18-16-31-24(25-18)22-14-29-20-11-4-5-12-21(20)30-22/h2*1-5,8-9,11-12,16,19,22H,6-7,10,13-15H2/t2*19-,22?/m11/s1. The van der Waals surface area contributed by atoms with Crippen LogP contribution in [0.4, 0.5) is 0 Å². The molecule has 14 heteroatoms. The summed E-state index contributed by atoms with van der Waals surface area (Å²) in [7, 11) is 0. The smallest absolute Gasteiger partial charge is 0.261 e. The van der Waals surface area contributed by atoms with Crippen LogP contribution in [0.25, 0.3) is 0 Å². The highest BCUT2D eigenvalue weighted by Crippen LogP contribution is 2.40. The predicted octanol–water partition coefficient (Wildman–Crippen LogP) is 9.58. The van der Waals surface area contributed by atoms with Crippen LogP contribution in [-0.4, -0.2) is 71.1 Å². The molecule has 6 heterocycles. The fourth-order valence-electron chi connectivity index (χ4n) is 8.05. The highest BCUT2D eigenvalue weighted by Gasteiger charge is 2.34. The van der Waals surface area contributed by atoms with Gasteiger partial charge in [-0.25, -0.2) is 9.97 Å². The van der Waals surface area contributed by atoms with E-state index in [1.54, 1.807) is 22.7 Å². The number of ether oxygens (including phenoxy) is 6. The zero-order chi connectivity index (χ0) is 42.1. The van der Waals surface area contributed by atoms with Crippen LogP contribution in [0.2, 0.25) is 0 Å². The number of aromatic nitrogens is 2. The summed E-state index contributed by atoms with van der Waals surface area (Å²) >= 11 is 3.13. The van der Waals surface area contributed by atoms with E-state index in [0.717, 1.165) is 96.0 Å². The van der Waals surface area contributed by atoms with Crippen LogP contribution in [0.15, 0.2) is 120 Å². The summed E-state index contributed by atoms with van der Waals surface area (Å²) in [6, 6.07) is 34.2. The molecule has 0 aliphatic carbocycles. The van der Waals surface area contributed by atoms with Crippen LogP contribution >= 0.6 is 22.7 Å². The molecule has 6 aromatic rings. The predicted molar refractivity (Wildman–Crippen MR) is 235 cm³/mol. The van der Waals surface area contributed by atoms with E-state index >= 15 is 0 Å². The van der Waals surface area contributed by atoms with Crippen molar-refractivity contribution in [3.05, 3.63) is 141 Å². The number of fused-ring (bicyclic) bond motifs is 2. The van der Waals surface area contributed by atoms with Crippen molar-refractivity contribution >= 4 is 34.5 Å². The Balaban J connectivity index is 0.000000158. The Bertz CT molecular complexity index is 2240. The van der Waals surface area contributed by atoms with Crippen molar-refractivity contribution in [3.8, 4) is 34.5 Å². The van der Waals surface area contributed by atoms with Crippen molar-refractivity contribution in [3.63, 3.8) is 0 Å². The van der Waals surface area contributed by atoms with Gasteiger partial charge in [0.05, 0.1) is 23.5 Å². The number of rotatable bonds is 10. The van der Waals surface area contributed by atoms with Gasteiger partial charge in [0.1, 0.15) is 34.7 Å². The number of amides is 2. The van der Waals surface area contributed by atoms with Gasteiger partial charge in [-0.05, 0) is 87.1 Å². The lowest BCUT2D eigenvalue weighted by Crippen LogP contribution is -2.41. The van der Waals surface area contributed by atoms with E-state index in [1.807, 2.05) is 130 Å². The summed E-state index contributed by atoms with van der Waals surface area (Å²) in [6.07, 6.45) is 5.51. The third kappa shape index (κ3) is 9.82. The molecule has 2 amide bonds. The molecule has 4 aromatic carbocycles. The molecular formula is C48H48N4O8S2. The minimum absolute atomic E-state index is 0.00530. The maximum absolute atomic E-state index is 12.9. The fourth-order valence-corrected chi connectivity index (χ4v) is 9.80. The van der Waals surface area contributed by atoms with Gasteiger partial charge in [0.15, 0.2) is 48.4 Å². The van der Waals surface area contributed by atoms with E-state index in [0.29, 0.717) is 24.7 Å². The SMILES string of the molecule is O=C(COc1ccccc1)N1CCCC[C@@H]1c1csc(C2COc3ccccc3O2)n1.O=C(COc1ccccc1)N1CCCC[C@@H]1c1csc(C2COc3ccccc3O2)n1. The molecule has 2 unspecified atom stereocenters. The first-order chi connectivity index (χ1) is 30.6. The van der Waals surface area contributed by atoms with Crippen LogP contribution in [0.3, 0.4) is 0 Å². The number of nitrogens with zero attached hydrogens (tertiary/aromatic N) is 4. The average Bonchev–Trinajstić information content (AvgIpc) is 4.05. The van der Waals surface area contributed by atoms with Gasteiger partial charge in [0.25, 0.3) is 11.8 Å². The monoisotopic (exact) mass is 872 g/mol. The van der Waals surface area contributed by atoms with Crippen molar-refractivity contribution in [2.24, 2.45) is 0 Å². The summed E-state index contributed by atoms with van der Waals surface area (Å²) in [5.41, 5.74) is 1.85. The Morgan fingerprint density at radius 2 is 0.952 bits per heavy atom. The van der Waals surface area contributed by atoms with E-state index in [-0.39, 0.29) is 49.3 Å². The molecule has 10 rings (SSSR count). The molecular weight excluding hydrogens is 825 g/mol.